The van der Waals surface area contributed by atoms with E-state index in [-0.39, 0.29) is 11.0 Å². The van der Waals surface area contributed by atoms with Crippen LogP contribution < -0.4 is 4.74 Å². The summed E-state index contributed by atoms with van der Waals surface area (Å²) in [5.74, 6) is -0.774. The summed E-state index contributed by atoms with van der Waals surface area (Å²) < 4.78 is 37.1. The van der Waals surface area contributed by atoms with Gasteiger partial charge in [-0.3, -0.25) is 0 Å². The molecular formula is C14H19NO6S. The number of sulfonamides is 1. The van der Waals surface area contributed by atoms with Crippen LogP contribution in [0.15, 0.2) is 29.2 Å². The molecule has 122 valence electrons. The zero-order valence-corrected chi connectivity index (χ0v) is 13.1. The van der Waals surface area contributed by atoms with E-state index in [9.17, 15) is 13.2 Å². The van der Waals surface area contributed by atoms with Crippen LogP contribution in [0.4, 0.5) is 0 Å². The minimum atomic E-state index is -3.58. The third kappa shape index (κ3) is 4.19. The molecule has 1 N–H and O–H groups in total. The SMILES string of the molecule is CC1CN(S(=O)(=O)c2ccc(OCC(=O)O)cc2)CCCO1. The van der Waals surface area contributed by atoms with Crippen LogP contribution in [0, 0.1) is 0 Å². The van der Waals surface area contributed by atoms with Gasteiger partial charge in [0.2, 0.25) is 10.0 Å². The Morgan fingerprint density at radius 1 is 1.41 bits per heavy atom. The maximum absolute atomic E-state index is 12.6. The number of carboxylic acid groups (broad SMARTS) is 1. The van der Waals surface area contributed by atoms with Crippen molar-refractivity contribution in [3.05, 3.63) is 24.3 Å². The van der Waals surface area contributed by atoms with Crippen LogP contribution in [0.2, 0.25) is 0 Å². The molecule has 1 aromatic carbocycles. The van der Waals surface area contributed by atoms with Gasteiger partial charge in [-0.1, -0.05) is 0 Å². The van der Waals surface area contributed by atoms with E-state index in [2.05, 4.69) is 0 Å². The maximum atomic E-state index is 12.6. The third-order valence-electron chi connectivity index (χ3n) is 3.24. The Bertz CT molecular complexity index is 613. The monoisotopic (exact) mass is 329 g/mol. The topological polar surface area (TPSA) is 93.1 Å². The molecule has 7 nitrogen and oxygen atoms in total. The van der Waals surface area contributed by atoms with E-state index in [0.29, 0.717) is 31.9 Å². The molecule has 1 fully saturated rings. The molecule has 0 amide bonds. The molecule has 0 spiro atoms. The maximum Gasteiger partial charge on any atom is 0.341 e. The number of rotatable bonds is 5. The van der Waals surface area contributed by atoms with Crippen LogP contribution in [0.3, 0.4) is 0 Å². The van der Waals surface area contributed by atoms with Crippen LogP contribution >= 0.6 is 0 Å². The van der Waals surface area contributed by atoms with Crippen molar-refractivity contribution in [2.75, 3.05) is 26.3 Å². The lowest BCUT2D eigenvalue weighted by molar-refractivity contribution is -0.139. The summed E-state index contributed by atoms with van der Waals surface area (Å²) in [6, 6.07) is 5.74. The van der Waals surface area contributed by atoms with Gasteiger partial charge < -0.3 is 14.6 Å². The summed E-state index contributed by atoms with van der Waals surface area (Å²) in [6.45, 7) is 2.67. The minimum Gasteiger partial charge on any atom is -0.482 e. The molecule has 1 aliphatic heterocycles. The smallest absolute Gasteiger partial charge is 0.341 e. The van der Waals surface area contributed by atoms with Crippen molar-refractivity contribution in [2.45, 2.75) is 24.3 Å². The highest BCUT2D eigenvalue weighted by atomic mass is 32.2. The number of ether oxygens (including phenoxy) is 2. The van der Waals surface area contributed by atoms with Crippen LogP contribution in [0.25, 0.3) is 0 Å². The van der Waals surface area contributed by atoms with Crippen LogP contribution in [-0.4, -0.2) is 56.2 Å². The lowest BCUT2D eigenvalue weighted by atomic mass is 10.3. The fourth-order valence-corrected chi connectivity index (χ4v) is 3.73. The van der Waals surface area contributed by atoms with Crippen molar-refractivity contribution in [1.29, 1.82) is 0 Å². The van der Waals surface area contributed by atoms with Gasteiger partial charge in [-0.2, -0.15) is 4.31 Å². The molecule has 1 saturated heterocycles. The Labute approximate surface area is 129 Å². The third-order valence-corrected chi connectivity index (χ3v) is 5.12. The molecule has 8 heteroatoms. The molecule has 1 atom stereocenters. The summed E-state index contributed by atoms with van der Waals surface area (Å²) >= 11 is 0. The van der Waals surface area contributed by atoms with E-state index in [4.69, 9.17) is 14.6 Å². The molecule has 22 heavy (non-hydrogen) atoms. The predicted octanol–water partition coefficient (Wildman–Crippen LogP) is 0.950. The highest BCUT2D eigenvalue weighted by molar-refractivity contribution is 7.89. The largest absolute Gasteiger partial charge is 0.482 e. The summed E-state index contributed by atoms with van der Waals surface area (Å²) in [5.41, 5.74) is 0. The number of carboxylic acids is 1. The number of hydrogen-bond donors (Lipinski definition) is 1. The molecule has 1 aromatic rings. The average molecular weight is 329 g/mol. The molecule has 1 heterocycles. The first-order valence-corrected chi connectivity index (χ1v) is 8.40. The summed E-state index contributed by atoms with van der Waals surface area (Å²) in [5, 5.41) is 8.54. The number of nitrogens with zero attached hydrogens (tertiary/aromatic N) is 1. The van der Waals surface area contributed by atoms with Crippen LogP contribution in [0.5, 0.6) is 5.75 Å². The van der Waals surface area contributed by atoms with E-state index in [0.717, 1.165) is 0 Å². The second-order valence-electron chi connectivity index (χ2n) is 5.05. The quantitative estimate of drug-likeness (QED) is 0.864. The fraction of sp³-hybridized carbons (Fsp3) is 0.500. The van der Waals surface area contributed by atoms with Gasteiger partial charge in [0.05, 0.1) is 11.0 Å². The molecule has 0 aliphatic carbocycles. The van der Waals surface area contributed by atoms with E-state index in [1.54, 1.807) is 0 Å². The number of aliphatic carboxylic acids is 1. The van der Waals surface area contributed by atoms with Gasteiger partial charge in [-0.05, 0) is 37.6 Å². The Hall–Kier alpha value is -1.64. The Balaban J connectivity index is 2.13. The normalized spacial score (nSPS) is 20.3. The van der Waals surface area contributed by atoms with Crippen molar-refractivity contribution in [3.63, 3.8) is 0 Å². The van der Waals surface area contributed by atoms with E-state index >= 15 is 0 Å². The van der Waals surface area contributed by atoms with Crippen molar-refractivity contribution >= 4 is 16.0 Å². The lowest BCUT2D eigenvalue weighted by Crippen LogP contribution is -2.35. The summed E-state index contributed by atoms with van der Waals surface area (Å²) in [4.78, 5) is 10.6. The molecule has 1 unspecified atom stereocenters. The molecule has 2 rings (SSSR count). The minimum absolute atomic E-state index is 0.143. The first kappa shape index (κ1) is 16.7. The summed E-state index contributed by atoms with van der Waals surface area (Å²) in [7, 11) is -3.58. The molecule has 1 aliphatic rings. The number of benzene rings is 1. The Kier molecular flexibility index (Phi) is 5.38. The second-order valence-corrected chi connectivity index (χ2v) is 6.99. The van der Waals surface area contributed by atoms with Gasteiger partial charge in [0.25, 0.3) is 0 Å². The van der Waals surface area contributed by atoms with Crippen molar-refractivity contribution in [1.82, 2.24) is 4.31 Å². The fourth-order valence-electron chi connectivity index (χ4n) is 2.18. The number of carbonyl (C=O) groups is 1. The predicted molar refractivity (Wildman–Crippen MR) is 78.4 cm³/mol. The Morgan fingerprint density at radius 2 is 2.09 bits per heavy atom. The average Bonchev–Trinajstić information content (AvgIpc) is 2.70. The van der Waals surface area contributed by atoms with Crippen molar-refractivity contribution < 1.29 is 27.8 Å². The van der Waals surface area contributed by atoms with Gasteiger partial charge >= 0.3 is 5.97 Å². The van der Waals surface area contributed by atoms with Gasteiger partial charge in [0.1, 0.15) is 5.75 Å². The van der Waals surface area contributed by atoms with Crippen LogP contribution in [0.1, 0.15) is 13.3 Å². The highest BCUT2D eigenvalue weighted by Crippen LogP contribution is 2.21. The van der Waals surface area contributed by atoms with E-state index in [1.165, 1.54) is 28.6 Å². The zero-order chi connectivity index (χ0) is 16.2. The standard InChI is InChI=1S/C14H19NO6S/c1-11-9-15(7-2-8-20-11)22(18,19)13-5-3-12(4-6-13)21-10-14(16)17/h3-6,11H,2,7-10H2,1H3,(H,16,17). The van der Waals surface area contributed by atoms with E-state index in [1.807, 2.05) is 6.92 Å². The van der Waals surface area contributed by atoms with Gasteiger partial charge in [0, 0.05) is 19.7 Å². The lowest BCUT2D eigenvalue weighted by Gasteiger charge is -2.21. The Morgan fingerprint density at radius 3 is 2.73 bits per heavy atom. The molecule has 0 bridgehead atoms. The van der Waals surface area contributed by atoms with Gasteiger partial charge in [-0.15, -0.1) is 0 Å². The molecule has 0 aromatic heterocycles. The van der Waals surface area contributed by atoms with Crippen molar-refractivity contribution in [3.8, 4) is 5.75 Å². The second kappa shape index (κ2) is 7.08. The van der Waals surface area contributed by atoms with Gasteiger partial charge in [0.15, 0.2) is 6.61 Å². The highest BCUT2D eigenvalue weighted by Gasteiger charge is 2.27. The number of hydrogen-bond acceptors (Lipinski definition) is 5. The molecular weight excluding hydrogens is 310 g/mol. The first-order valence-electron chi connectivity index (χ1n) is 6.96. The van der Waals surface area contributed by atoms with Gasteiger partial charge in [-0.25, -0.2) is 13.2 Å². The van der Waals surface area contributed by atoms with Crippen LogP contribution in [-0.2, 0) is 19.6 Å². The first-order chi connectivity index (χ1) is 10.4. The molecule has 0 radical (unpaired) electrons. The van der Waals surface area contributed by atoms with E-state index < -0.39 is 22.6 Å². The summed E-state index contributed by atoms with van der Waals surface area (Å²) in [6.07, 6.45) is 0.513. The molecule has 0 saturated carbocycles. The zero-order valence-electron chi connectivity index (χ0n) is 12.3. The van der Waals surface area contributed by atoms with Crippen molar-refractivity contribution in [2.24, 2.45) is 0 Å².